The maximum Gasteiger partial charge on any atom is 0.325 e. The van der Waals surface area contributed by atoms with Crippen LogP contribution in [0.5, 0.6) is 0 Å². The summed E-state index contributed by atoms with van der Waals surface area (Å²) in [4.78, 5) is 26.1. The number of nitrogens with zero attached hydrogens (tertiary/aromatic N) is 3. The van der Waals surface area contributed by atoms with Gasteiger partial charge in [-0.05, 0) is 18.2 Å². The van der Waals surface area contributed by atoms with Gasteiger partial charge < -0.3 is 10.4 Å². The van der Waals surface area contributed by atoms with Crippen LogP contribution in [-0.2, 0) is 11.3 Å². The molecule has 0 fully saturated rings. The monoisotopic (exact) mass is 246 g/mol. The molecule has 0 aliphatic carbocycles. The van der Waals surface area contributed by atoms with E-state index in [4.69, 9.17) is 5.11 Å². The van der Waals surface area contributed by atoms with Crippen LogP contribution in [0.25, 0.3) is 0 Å². The topological polar surface area (TPSA) is 97.1 Å². The maximum absolute atomic E-state index is 11.8. The molecular weight excluding hydrogens is 236 g/mol. The number of nitrogens with one attached hydrogen (secondary N) is 1. The number of rotatable bonds is 4. The molecule has 0 aromatic carbocycles. The van der Waals surface area contributed by atoms with Crippen LogP contribution in [-0.4, -0.2) is 31.7 Å². The Morgan fingerprint density at radius 1 is 1.28 bits per heavy atom. The summed E-state index contributed by atoms with van der Waals surface area (Å²) >= 11 is 0. The number of carbonyl (C=O) groups excluding carboxylic acids is 1. The third-order valence-corrected chi connectivity index (χ3v) is 2.11. The fourth-order valence-electron chi connectivity index (χ4n) is 1.34. The lowest BCUT2D eigenvalue weighted by Crippen LogP contribution is -2.14. The number of amides is 1. The summed E-state index contributed by atoms with van der Waals surface area (Å²) in [7, 11) is 0. The van der Waals surface area contributed by atoms with Crippen LogP contribution >= 0.6 is 0 Å². The lowest BCUT2D eigenvalue weighted by Gasteiger charge is -2.01. The van der Waals surface area contributed by atoms with E-state index in [1.807, 2.05) is 0 Å². The minimum atomic E-state index is -1.01. The summed E-state index contributed by atoms with van der Waals surface area (Å²) in [5.74, 6) is -1.41. The number of carboxylic acid groups (broad SMARTS) is 1. The first kappa shape index (κ1) is 11.8. The third-order valence-electron chi connectivity index (χ3n) is 2.11. The molecule has 7 heteroatoms. The lowest BCUT2D eigenvalue weighted by molar-refractivity contribution is -0.137. The first-order valence-corrected chi connectivity index (χ1v) is 5.12. The maximum atomic E-state index is 11.8. The average molecular weight is 246 g/mol. The molecule has 2 aromatic rings. The van der Waals surface area contributed by atoms with Crippen LogP contribution in [0.3, 0.4) is 0 Å². The lowest BCUT2D eigenvalue weighted by atomic mass is 10.3. The van der Waals surface area contributed by atoms with Crippen LogP contribution in [0.1, 0.15) is 10.5 Å². The fourth-order valence-corrected chi connectivity index (χ4v) is 1.34. The van der Waals surface area contributed by atoms with Crippen molar-refractivity contribution >= 4 is 17.6 Å². The second kappa shape index (κ2) is 5.09. The van der Waals surface area contributed by atoms with Gasteiger partial charge in [-0.1, -0.05) is 0 Å². The highest BCUT2D eigenvalue weighted by molar-refractivity contribution is 6.02. The van der Waals surface area contributed by atoms with E-state index in [0.29, 0.717) is 5.69 Å². The first-order valence-electron chi connectivity index (χ1n) is 5.12. The summed E-state index contributed by atoms with van der Waals surface area (Å²) in [6, 6.07) is 4.75. The number of aromatic nitrogens is 3. The van der Waals surface area contributed by atoms with Crippen molar-refractivity contribution in [3.8, 4) is 0 Å². The fraction of sp³-hybridized carbons (Fsp3) is 0.0909. The molecule has 7 nitrogen and oxygen atoms in total. The molecule has 0 saturated carbocycles. The third kappa shape index (κ3) is 2.91. The van der Waals surface area contributed by atoms with Crippen molar-refractivity contribution in [1.29, 1.82) is 0 Å². The molecule has 18 heavy (non-hydrogen) atoms. The summed E-state index contributed by atoms with van der Waals surface area (Å²) in [6.07, 6.45) is 4.55. The number of anilines is 1. The van der Waals surface area contributed by atoms with E-state index in [2.05, 4.69) is 15.4 Å². The molecule has 0 saturated heterocycles. The van der Waals surface area contributed by atoms with Crippen LogP contribution < -0.4 is 5.32 Å². The largest absolute Gasteiger partial charge is 0.480 e. The Labute approximate surface area is 102 Å². The molecule has 0 spiro atoms. The smallest absolute Gasteiger partial charge is 0.325 e. The van der Waals surface area contributed by atoms with E-state index < -0.39 is 11.9 Å². The van der Waals surface area contributed by atoms with E-state index in [-0.39, 0.29) is 12.2 Å². The quantitative estimate of drug-likeness (QED) is 0.824. The van der Waals surface area contributed by atoms with Crippen molar-refractivity contribution in [3.05, 3.63) is 42.5 Å². The number of carboxylic acids is 1. The Balaban J connectivity index is 2.05. The van der Waals surface area contributed by atoms with Gasteiger partial charge in [0.05, 0.1) is 0 Å². The molecule has 0 atom stereocenters. The van der Waals surface area contributed by atoms with E-state index in [0.717, 1.165) is 0 Å². The highest BCUT2D eigenvalue weighted by Crippen LogP contribution is 2.06. The second-order valence-corrected chi connectivity index (χ2v) is 3.48. The zero-order valence-corrected chi connectivity index (χ0v) is 9.28. The Hall–Kier alpha value is -2.70. The van der Waals surface area contributed by atoms with Gasteiger partial charge in [-0.2, -0.15) is 5.10 Å². The van der Waals surface area contributed by atoms with Gasteiger partial charge in [-0.3, -0.25) is 19.3 Å². The number of aliphatic carboxylic acids is 1. The summed E-state index contributed by atoms with van der Waals surface area (Å²) in [6.45, 7) is -0.275. The average Bonchev–Trinajstić information content (AvgIpc) is 2.78. The van der Waals surface area contributed by atoms with Crippen LogP contribution in [0.2, 0.25) is 0 Å². The number of hydrogen-bond donors (Lipinski definition) is 2. The molecule has 2 rings (SSSR count). The minimum Gasteiger partial charge on any atom is -0.480 e. The molecule has 2 heterocycles. The molecule has 0 unspecified atom stereocenters. The highest BCUT2D eigenvalue weighted by atomic mass is 16.4. The van der Waals surface area contributed by atoms with Gasteiger partial charge in [0.1, 0.15) is 6.54 Å². The van der Waals surface area contributed by atoms with Crippen molar-refractivity contribution in [2.45, 2.75) is 6.54 Å². The summed E-state index contributed by atoms with van der Waals surface area (Å²) < 4.78 is 1.18. The van der Waals surface area contributed by atoms with Gasteiger partial charge in [-0.25, -0.2) is 0 Å². The van der Waals surface area contributed by atoms with Crippen molar-refractivity contribution in [3.63, 3.8) is 0 Å². The van der Waals surface area contributed by atoms with E-state index >= 15 is 0 Å². The minimum absolute atomic E-state index is 0.160. The van der Waals surface area contributed by atoms with Crippen LogP contribution in [0.4, 0.5) is 5.69 Å². The number of hydrogen-bond acceptors (Lipinski definition) is 4. The molecule has 0 aliphatic heterocycles. The number of carbonyl (C=O) groups is 2. The SMILES string of the molecule is O=C(O)Cn1ccc(C(=O)Nc2ccncc2)n1. The normalized spacial score (nSPS) is 10.0. The van der Waals surface area contributed by atoms with Crippen LogP contribution in [0.15, 0.2) is 36.8 Å². The predicted octanol–water partition coefficient (Wildman–Crippen LogP) is 0.615. The molecular formula is C11H10N4O3. The first-order chi connectivity index (χ1) is 8.65. The predicted molar refractivity (Wildman–Crippen MR) is 62.1 cm³/mol. The molecule has 92 valence electrons. The van der Waals surface area contributed by atoms with Gasteiger partial charge in [-0.15, -0.1) is 0 Å². The van der Waals surface area contributed by atoms with Crippen molar-refractivity contribution in [2.75, 3.05) is 5.32 Å². The van der Waals surface area contributed by atoms with Gasteiger partial charge in [0.2, 0.25) is 0 Å². The Morgan fingerprint density at radius 2 is 2.00 bits per heavy atom. The van der Waals surface area contributed by atoms with Crippen molar-refractivity contribution in [2.24, 2.45) is 0 Å². The standard InChI is InChI=1S/C11H10N4O3/c16-10(17)7-15-6-3-9(14-15)11(18)13-8-1-4-12-5-2-8/h1-6H,7H2,(H,16,17)(H,12,13,18). The molecule has 0 bridgehead atoms. The Bertz CT molecular complexity index is 565. The Morgan fingerprint density at radius 3 is 2.67 bits per heavy atom. The summed E-state index contributed by atoms with van der Waals surface area (Å²) in [5, 5.41) is 15.1. The molecule has 0 radical (unpaired) electrons. The molecule has 1 amide bonds. The van der Waals surface area contributed by atoms with E-state index in [1.54, 1.807) is 24.5 Å². The molecule has 2 N–H and O–H groups in total. The summed E-state index contributed by atoms with van der Waals surface area (Å²) in [5.41, 5.74) is 0.760. The second-order valence-electron chi connectivity index (χ2n) is 3.48. The van der Waals surface area contributed by atoms with Crippen molar-refractivity contribution in [1.82, 2.24) is 14.8 Å². The van der Waals surface area contributed by atoms with E-state index in [1.165, 1.54) is 16.9 Å². The van der Waals surface area contributed by atoms with Gasteiger partial charge in [0, 0.05) is 24.3 Å². The zero-order chi connectivity index (χ0) is 13.0. The Kier molecular flexibility index (Phi) is 3.33. The van der Waals surface area contributed by atoms with Gasteiger partial charge in [0.25, 0.3) is 5.91 Å². The molecule has 0 aliphatic rings. The van der Waals surface area contributed by atoms with Crippen LogP contribution in [0, 0.1) is 0 Å². The van der Waals surface area contributed by atoms with Gasteiger partial charge >= 0.3 is 5.97 Å². The van der Waals surface area contributed by atoms with Gasteiger partial charge in [0.15, 0.2) is 5.69 Å². The highest BCUT2D eigenvalue weighted by Gasteiger charge is 2.10. The zero-order valence-electron chi connectivity index (χ0n) is 9.28. The van der Waals surface area contributed by atoms with Crippen molar-refractivity contribution < 1.29 is 14.7 Å². The molecule has 2 aromatic heterocycles. The van der Waals surface area contributed by atoms with E-state index in [9.17, 15) is 9.59 Å². The number of pyridine rings is 1.